The molecule has 0 fully saturated rings. The number of pyridine rings is 1. The summed E-state index contributed by atoms with van der Waals surface area (Å²) in [5, 5.41) is 9.57. The molecule has 4 nitrogen and oxygen atoms in total. The van der Waals surface area contributed by atoms with Crippen molar-refractivity contribution in [3.63, 3.8) is 0 Å². The SMILES string of the molecule is CNc1snnc1CSc1ncccc1Cl. The highest BCUT2D eigenvalue weighted by atomic mass is 35.5. The van der Waals surface area contributed by atoms with E-state index in [1.807, 2.05) is 19.2 Å². The second kappa shape index (κ2) is 5.47. The van der Waals surface area contributed by atoms with Crippen molar-refractivity contribution in [2.75, 3.05) is 12.4 Å². The van der Waals surface area contributed by atoms with Crippen LogP contribution in [0.25, 0.3) is 0 Å². The average molecular weight is 273 g/mol. The zero-order valence-electron chi connectivity index (χ0n) is 8.48. The summed E-state index contributed by atoms with van der Waals surface area (Å²) in [5.41, 5.74) is 0.930. The number of nitrogens with one attached hydrogen (secondary N) is 1. The second-order valence-corrected chi connectivity index (χ2v) is 5.00. The van der Waals surface area contributed by atoms with E-state index >= 15 is 0 Å². The van der Waals surface area contributed by atoms with Crippen molar-refractivity contribution in [3.8, 4) is 0 Å². The van der Waals surface area contributed by atoms with E-state index in [9.17, 15) is 0 Å². The van der Waals surface area contributed by atoms with Crippen LogP contribution in [0.3, 0.4) is 0 Å². The Morgan fingerprint density at radius 2 is 2.44 bits per heavy atom. The minimum atomic E-state index is 0.668. The van der Waals surface area contributed by atoms with Crippen LogP contribution in [0.1, 0.15) is 5.69 Å². The fourth-order valence-corrected chi connectivity index (χ4v) is 2.83. The quantitative estimate of drug-likeness (QED) is 0.868. The van der Waals surface area contributed by atoms with Gasteiger partial charge in [-0.25, -0.2) is 4.98 Å². The number of rotatable bonds is 4. The summed E-state index contributed by atoms with van der Waals surface area (Å²) in [4.78, 5) is 4.20. The number of thioether (sulfide) groups is 1. The highest BCUT2D eigenvalue weighted by Crippen LogP contribution is 2.29. The standard InChI is InChI=1S/C9H9ClN4S2/c1-11-9-7(13-14-16-9)5-15-8-6(10)3-2-4-12-8/h2-4,11H,5H2,1H3. The van der Waals surface area contributed by atoms with Crippen molar-refractivity contribution in [2.24, 2.45) is 0 Å². The van der Waals surface area contributed by atoms with Crippen molar-refractivity contribution < 1.29 is 0 Å². The molecular weight excluding hydrogens is 264 g/mol. The fraction of sp³-hybridized carbons (Fsp3) is 0.222. The average Bonchev–Trinajstić information content (AvgIpc) is 2.75. The monoisotopic (exact) mass is 272 g/mol. The molecule has 0 amide bonds. The second-order valence-electron chi connectivity index (χ2n) is 2.88. The molecule has 0 radical (unpaired) electrons. The Morgan fingerprint density at radius 1 is 1.56 bits per heavy atom. The Bertz CT molecular complexity index is 474. The van der Waals surface area contributed by atoms with Crippen LogP contribution in [0, 0.1) is 0 Å². The van der Waals surface area contributed by atoms with Gasteiger partial charge in [0.25, 0.3) is 0 Å². The molecule has 0 aromatic carbocycles. The molecule has 0 aliphatic carbocycles. The van der Waals surface area contributed by atoms with Crippen LogP contribution in [0.5, 0.6) is 0 Å². The molecule has 0 saturated heterocycles. The van der Waals surface area contributed by atoms with Crippen molar-refractivity contribution in [1.82, 2.24) is 14.6 Å². The topological polar surface area (TPSA) is 50.7 Å². The van der Waals surface area contributed by atoms with Gasteiger partial charge in [-0.15, -0.1) is 5.10 Å². The van der Waals surface area contributed by atoms with Gasteiger partial charge in [0, 0.05) is 30.5 Å². The maximum absolute atomic E-state index is 6.01. The number of halogens is 1. The summed E-state index contributed by atoms with van der Waals surface area (Å²) in [5.74, 6) is 0.712. The van der Waals surface area contributed by atoms with Crippen LogP contribution in [0.15, 0.2) is 23.4 Å². The highest BCUT2D eigenvalue weighted by Gasteiger charge is 2.08. The summed E-state index contributed by atoms with van der Waals surface area (Å²) >= 11 is 8.91. The van der Waals surface area contributed by atoms with Gasteiger partial charge in [0.05, 0.1) is 5.02 Å². The summed E-state index contributed by atoms with van der Waals surface area (Å²) in [6.45, 7) is 0. The molecule has 2 heterocycles. The van der Waals surface area contributed by atoms with E-state index in [4.69, 9.17) is 11.6 Å². The van der Waals surface area contributed by atoms with Crippen LogP contribution >= 0.6 is 34.9 Å². The van der Waals surface area contributed by atoms with Gasteiger partial charge >= 0.3 is 0 Å². The third-order valence-electron chi connectivity index (χ3n) is 1.85. The van der Waals surface area contributed by atoms with Gasteiger partial charge < -0.3 is 5.32 Å². The Kier molecular flexibility index (Phi) is 3.98. The van der Waals surface area contributed by atoms with Gasteiger partial charge in [-0.3, -0.25) is 0 Å². The molecule has 1 N–H and O–H groups in total. The summed E-state index contributed by atoms with van der Waals surface area (Å²) in [6.07, 6.45) is 1.73. The predicted octanol–water partition coefficient (Wildman–Crippen LogP) is 2.92. The first-order valence-corrected chi connectivity index (χ1v) is 6.67. The Labute approximate surface area is 107 Å². The Balaban J connectivity index is 2.05. The van der Waals surface area contributed by atoms with Gasteiger partial charge in [0.2, 0.25) is 0 Å². The lowest BCUT2D eigenvalue weighted by atomic mass is 10.5. The lowest BCUT2D eigenvalue weighted by Gasteiger charge is -2.01. The Hall–Kier alpha value is -0.850. The van der Waals surface area contributed by atoms with Crippen LogP contribution in [0.4, 0.5) is 5.00 Å². The van der Waals surface area contributed by atoms with Gasteiger partial charge in [-0.05, 0) is 12.1 Å². The maximum Gasteiger partial charge on any atom is 0.133 e. The van der Waals surface area contributed by atoms with Crippen molar-refractivity contribution in [2.45, 2.75) is 10.8 Å². The van der Waals surface area contributed by atoms with E-state index in [0.717, 1.165) is 15.7 Å². The number of hydrogen-bond donors (Lipinski definition) is 1. The molecular formula is C9H9ClN4S2. The minimum Gasteiger partial charge on any atom is -0.377 e. The van der Waals surface area contributed by atoms with Crippen molar-refractivity contribution >= 4 is 39.9 Å². The van der Waals surface area contributed by atoms with Crippen molar-refractivity contribution in [1.29, 1.82) is 0 Å². The van der Waals surface area contributed by atoms with Gasteiger partial charge in [0.1, 0.15) is 15.7 Å². The third kappa shape index (κ3) is 2.63. The first kappa shape index (κ1) is 11.6. The number of hydrogen-bond acceptors (Lipinski definition) is 6. The van der Waals surface area contributed by atoms with Gasteiger partial charge in [0.15, 0.2) is 0 Å². The van der Waals surface area contributed by atoms with E-state index < -0.39 is 0 Å². The molecule has 2 aromatic rings. The van der Waals surface area contributed by atoms with E-state index in [2.05, 4.69) is 19.9 Å². The molecule has 2 rings (SSSR count). The molecule has 2 aromatic heterocycles. The largest absolute Gasteiger partial charge is 0.377 e. The van der Waals surface area contributed by atoms with Gasteiger partial charge in [-0.1, -0.05) is 27.9 Å². The Morgan fingerprint density at radius 3 is 3.19 bits per heavy atom. The van der Waals surface area contributed by atoms with Crippen molar-refractivity contribution in [3.05, 3.63) is 29.0 Å². The summed E-state index contributed by atoms with van der Waals surface area (Å²) in [6, 6.07) is 3.64. The minimum absolute atomic E-state index is 0.668. The first-order chi connectivity index (χ1) is 7.81. The lowest BCUT2D eigenvalue weighted by Crippen LogP contribution is -1.91. The summed E-state index contributed by atoms with van der Waals surface area (Å²) < 4.78 is 3.89. The number of anilines is 1. The molecule has 0 aliphatic rings. The van der Waals surface area contributed by atoms with E-state index in [0.29, 0.717) is 10.8 Å². The molecule has 16 heavy (non-hydrogen) atoms. The maximum atomic E-state index is 6.01. The van der Waals surface area contributed by atoms with Crippen LogP contribution in [0.2, 0.25) is 5.02 Å². The molecule has 7 heteroatoms. The number of nitrogens with zero attached hydrogens (tertiary/aromatic N) is 3. The normalized spacial score (nSPS) is 10.4. The molecule has 0 bridgehead atoms. The molecule has 0 aliphatic heterocycles. The first-order valence-electron chi connectivity index (χ1n) is 4.53. The highest BCUT2D eigenvalue weighted by molar-refractivity contribution is 7.98. The third-order valence-corrected chi connectivity index (χ3v) is 4.07. The van der Waals surface area contributed by atoms with Crippen LogP contribution < -0.4 is 5.32 Å². The zero-order chi connectivity index (χ0) is 11.4. The van der Waals surface area contributed by atoms with Crippen LogP contribution in [-0.2, 0) is 5.75 Å². The zero-order valence-corrected chi connectivity index (χ0v) is 10.9. The predicted molar refractivity (Wildman–Crippen MR) is 68.3 cm³/mol. The van der Waals surface area contributed by atoms with E-state index in [-0.39, 0.29) is 0 Å². The number of aromatic nitrogens is 3. The molecule has 0 saturated carbocycles. The lowest BCUT2D eigenvalue weighted by molar-refractivity contribution is 1.07. The van der Waals surface area contributed by atoms with E-state index in [1.54, 1.807) is 18.0 Å². The van der Waals surface area contributed by atoms with Gasteiger partial charge in [-0.2, -0.15) is 0 Å². The molecule has 0 spiro atoms. The molecule has 0 unspecified atom stereocenters. The molecule has 84 valence electrons. The summed E-state index contributed by atoms with van der Waals surface area (Å²) in [7, 11) is 1.86. The molecule has 0 atom stereocenters. The van der Waals surface area contributed by atoms with E-state index in [1.165, 1.54) is 11.5 Å². The fourth-order valence-electron chi connectivity index (χ4n) is 1.11. The van der Waals surface area contributed by atoms with Crippen LogP contribution in [-0.4, -0.2) is 21.6 Å². The smallest absolute Gasteiger partial charge is 0.133 e.